The van der Waals surface area contributed by atoms with Crippen LogP contribution in [0.3, 0.4) is 0 Å². The van der Waals surface area contributed by atoms with E-state index in [1.165, 1.54) is 37.7 Å². The second kappa shape index (κ2) is 5.87. The van der Waals surface area contributed by atoms with Gasteiger partial charge in [-0.2, -0.15) is 0 Å². The highest BCUT2D eigenvalue weighted by Crippen LogP contribution is 2.31. The van der Waals surface area contributed by atoms with Gasteiger partial charge < -0.3 is 10.1 Å². The minimum absolute atomic E-state index is 0.347. The molecular formula is C15H23N3O. The molecule has 2 atom stereocenters. The summed E-state index contributed by atoms with van der Waals surface area (Å²) in [5.41, 5.74) is 2.33. The van der Waals surface area contributed by atoms with Crippen molar-refractivity contribution in [2.75, 3.05) is 6.54 Å². The Labute approximate surface area is 115 Å². The van der Waals surface area contributed by atoms with Gasteiger partial charge >= 0.3 is 0 Å². The lowest BCUT2D eigenvalue weighted by atomic mass is 9.85. The highest BCUT2D eigenvalue weighted by atomic mass is 16.5. The van der Waals surface area contributed by atoms with E-state index in [0.717, 1.165) is 31.1 Å². The summed E-state index contributed by atoms with van der Waals surface area (Å²) in [5, 5.41) is 3.38. The molecule has 0 amide bonds. The van der Waals surface area contributed by atoms with Crippen LogP contribution in [0.15, 0.2) is 6.33 Å². The molecule has 1 aliphatic heterocycles. The molecule has 2 aliphatic rings. The molecule has 2 unspecified atom stereocenters. The van der Waals surface area contributed by atoms with Gasteiger partial charge in [0.05, 0.1) is 5.69 Å². The molecule has 1 saturated carbocycles. The first-order valence-corrected chi connectivity index (χ1v) is 7.58. The summed E-state index contributed by atoms with van der Waals surface area (Å²) < 4.78 is 6.27. The van der Waals surface area contributed by atoms with Crippen molar-refractivity contribution in [2.45, 2.75) is 58.1 Å². The summed E-state index contributed by atoms with van der Waals surface area (Å²) in [4.78, 5) is 8.76. The second-order valence-electron chi connectivity index (χ2n) is 5.64. The Hall–Kier alpha value is -1.16. The molecule has 3 rings (SSSR count). The lowest BCUT2D eigenvalue weighted by Gasteiger charge is -2.31. The van der Waals surface area contributed by atoms with Crippen molar-refractivity contribution in [1.82, 2.24) is 15.3 Å². The molecule has 0 aromatic carbocycles. The number of rotatable bonds is 3. The molecule has 4 nitrogen and oxygen atoms in total. The molecule has 1 aliphatic carbocycles. The third-order valence-corrected chi connectivity index (χ3v) is 4.46. The Kier molecular flexibility index (Phi) is 3.97. The predicted octanol–water partition coefficient (Wildman–Crippen LogP) is 2.47. The fraction of sp³-hybridized carbons (Fsp3) is 0.733. The normalized spacial score (nSPS) is 26.8. The molecule has 0 spiro atoms. The first-order valence-electron chi connectivity index (χ1n) is 7.58. The highest BCUT2D eigenvalue weighted by Gasteiger charge is 2.27. The molecule has 1 aromatic rings. The van der Waals surface area contributed by atoms with Crippen LogP contribution in [-0.4, -0.2) is 22.6 Å². The van der Waals surface area contributed by atoms with Gasteiger partial charge in [0, 0.05) is 25.1 Å². The number of hydrogen-bond donors (Lipinski definition) is 1. The number of aromatic nitrogens is 2. The zero-order valence-corrected chi connectivity index (χ0v) is 11.7. The van der Waals surface area contributed by atoms with Crippen LogP contribution in [0.5, 0.6) is 5.88 Å². The third kappa shape index (κ3) is 2.73. The van der Waals surface area contributed by atoms with Crippen LogP contribution in [0.1, 0.15) is 50.3 Å². The molecular weight excluding hydrogens is 238 g/mol. The summed E-state index contributed by atoms with van der Waals surface area (Å²) in [6.45, 7) is 4.11. The van der Waals surface area contributed by atoms with Gasteiger partial charge in [-0.3, -0.25) is 0 Å². The van der Waals surface area contributed by atoms with E-state index in [1.54, 1.807) is 6.33 Å². The average molecular weight is 261 g/mol. The van der Waals surface area contributed by atoms with E-state index >= 15 is 0 Å². The molecule has 104 valence electrons. The Morgan fingerprint density at radius 1 is 1.32 bits per heavy atom. The molecule has 4 heteroatoms. The fourth-order valence-electron chi connectivity index (χ4n) is 3.28. The van der Waals surface area contributed by atoms with Crippen LogP contribution in [0.25, 0.3) is 0 Å². The van der Waals surface area contributed by atoms with Crippen molar-refractivity contribution in [1.29, 1.82) is 0 Å². The van der Waals surface area contributed by atoms with E-state index in [4.69, 9.17) is 4.74 Å². The molecule has 1 aromatic heterocycles. The second-order valence-corrected chi connectivity index (χ2v) is 5.64. The molecule has 1 fully saturated rings. The Balaban J connectivity index is 1.78. The van der Waals surface area contributed by atoms with E-state index in [-0.39, 0.29) is 0 Å². The quantitative estimate of drug-likeness (QED) is 0.908. The van der Waals surface area contributed by atoms with Crippen molar-refractivity contribution in [3.63, 3.8) is 0 Å². The summed E-state index contributed by atoms with van der Waals surface area (Å²) in [7, 11) is 0. The summed E-state index contributed by atoms with van der Waals surface area (Å²) in [5.74, 6) is 1.51. The van der Waals surface area contributed by atoms with Crippen LogP contribution in [0, 0.1) is 5.92 Å². The van der Waals surface area contributed by atoms with Crippen LogP contribution >= 0.6 is 0 Å². The number of fused-ring (bicyclic) bond motifs is 1. The van der Waals surface area contributed by atoms with Gasteiger partial charge in [0.15, 0.2) is 0 Å². The Morgan fingerprint density at radius 3 is 3.11 bits per heavy atom. The largest absolute Gasteiger partial charge is 0.474 e. The summed E-state index contributed by atoms with van der Waals surface area (Å²) in [6.07, 6.45) is 9.29. The van der Waals surface area contributed by atoms with E-state index < -0.39 is 0 Å². The van der Waals surface area contributed by atoms with E-state index in [1.807, 2.05) is 0 Å². The minimum atomic E-state index is 0.347. The molecule has 0 radical (unpaired) electrons. The molecule has 1 N–H and O–H groups in total. The third-order valence-electron chi connectivity index (χ3n) is 4.46. The van der Waals surface area contributed by atoms with Crippen LogP contribution in [0.2, 0.25) is 0 Å². The van der Waals surface area contributed by atoms with Gasteiger partial charge in [0.1, 0.15) is 12.4 Å². The lowest BCUT2D eigenvalue weighted by Crippen LogP contribution is -2.32. The van der Waals surface area contributed by atoms with Crippen molar-refractivity contribution < 1.29 is 4.74 Å². The highest BCUT2D eigenvalue weighted by molar-refractivity contribution is 5.31. The number of nitrogens with one attached hydrogen (secondary N) is 1. The number of ether oxygens (including phenoxy) is 1. The van der Waals surface area contributed by atoms with E-state index in [2.05, 4.69) is 22.2 Å². The topological polar surface area (TPSA) is 47.0 Å². The van der Waals surface area contributed by atoms with Crippen molar-refractivity contribution >= 4 is 0 Å². The van der Waals surface area contributed by atoms with Gasteiger partial charge in [-0.05, 0) is 31.6 Å². The first-order chi connectivity index (χ1) is 9.38. The maximum absolute atomic E-state index is 6.27. The van der Waals surface area contributed by atoms with Crippen LogP contribution in [-0.2, 0) is 13.0 Å². The molecule has 19 heavy (non-hydrogen) atoms. The Bertz CT molecular complexity index is 435. The van der Waals surface area contributed by atoms with Gasteiger partial charge in [0.2, 0.25) is 5.88 Å². The number of nitrogens with zero attached hydrogens (tertiary/aromatic N) is 2. The lowest BCUT2D eigenvalue weighted by molar-refractivity contribution is 0.0841. The molecule has 0 saturated heterocycles. The maximum atomic E-state index is 6.27. The van der Waals surface area contributed by atoms with Crippen molar-refractivity contribution in [2.24, 2.45) is 5.92 Å². The van der Waals surface area contributed by atoms with Crippen LogP contribution < -0.4 is 10.1 Å². The zero-order valence-electron chi connectivity index (χ0n) is 11.7. The first kappa shape index (κ1) is 12.9. The molecule has 2 heterocycles. The summed E-state index contributed by atoms with van der Waals surface area (Å²) in [6, 6.07) is 0. The summed E-state index contributed by atoms with van der Waals surface area (Å²) >= 11 is 0. The average Bonchev–Trinajstić information content (AvgIpc) is 2.48. The SMILES string of the molecule is CCC1CCCCC1Oc1ncnc2c1CNCC2. The van der Waals surface area contributed by atoms with Crippen LogP contribution in [0.4, 0.5) is 0 Å². The zero-order chi connectivity index (χ0) is 13.1. The predicted molar refractivity (Wildman–Crippen MR) is 74.1 cm³/mol. The standard InChI is InChI=1S/C15H23N3O/c1-2-11-5-3-4-6-14(11)19-15-12-9-16-8-7-13(12)17-10-18-15/h10-11,14,16H,2-9H2,1H3. The monoisotopic (exact) mass is 261 g/mol. The minimum Gasteiger partial charge on any atom is -0.474 e. The Morgan fingerprint density at radius 2 is 2.21 bits per heavy atom. The van der Waals surface area contributed by atoms with Crippen molar-refractivity contribution in [3.8, 4) is 5.88 Å². The van der Waals surface area contributed by atoms with Gasteiger partial charge in [-0.1, -0.05) is 13.3 Å². The smallest absolute Gasteiger partial charge is 0.221 e. The fourth-order valence-corrected chi connectivity index (χ4v) is 3.28. The van der Waals surface area contributed by atoms with E-state index in [0.29, 0.717) is 12.0 Å². The van der Waals surface area contributed by atoms with Gasteiger partial charge in [-0.15, -0.1) is 0 Å². The van der Waals surface area contributed by atoms with Crippen molar-refractivity contribution in [3.05, 3.63) is 17.6 Å². The molecule has 0 bridgehead atoms. The maximum Gasteiger partial charge on any atom is 0.221 e. The van der Waals surface area contributed by atoms with Gasteiger partial charge in [-0.25, -0.2) is 9.97 Å². The van der Waals surface area contributed by atoms with Gasteiger partial charge in [0.25, 0.3) is 0 Å². The number of hydrogen-bond acceptors (Lipinski definition) is 4. The van der Waals surface area contributed by atoms with E-state index in [9.17, 15) is 0 Å².